The van der Waals surface area contributed by atoms with Gasteiger partial charge in [-0.3, -0.25) is 19.8 Å². The van der Waals surface area contributed by atoms with Gasteiger partial charge in [0.2, 0.25) is 0 Å². The van der Waals surface area contributed by atoms with Crippen LogP contribution in [0.1, 0.15) is 5.56 Å². The van der Waals surface area contributed by atoms with Crippen molar-refractivity contribution in [2.45, 2.75) is 6.61 Å². The molecule has 7 nitrogen and oxygen atoms in total. The third-order valence-electron chi connectivity index (χ3n) is 3.81. The van der Waals surface area contributed by atoms with Gasteiger partial charge in [0.25, 0.3) is 11.6 Å². The van der Waals surface area contributed by atoms with E-state index in [-0.39, 0.29) is 21.5 Å². The maximum Gasteiger partial charge on any atom is 0.387 e. The number of non-ortho nitro benzene ring substituents is 1. The molecule has 0 atom stereocenters. The number of alkyl halides is 2. The van der Waals surface area contributed by atoms with Crippen LogP contribution >= 0.6 is 24.0 Å². The van der Waals surface area contributed by atoms with E-state index in [9.17, 15) is 23.7 Å². The molecule has 0 spiro atoms. The fraction of sp³-hybridized carbons (Fsp3) is 0.111. The fourth-order valence-corrected chi connectivity index (χ4v) is 3.83. The van der Waals surface area contributed by atoms with Crippen LogP contribution < -0.4 is 14.4 Å². The van der Waals surface area contributed by atoms with E-state index in [1.165, 1.54) is 54.5 Å². The summed E-state index contributed by atoms with van der Waals surface area (Å²) >= 11 is 6.31. The van der Waals surface area contributed by atoms with E-state index in [2.05, 4.69) is 4.74 Å². The third-order valence-corrected chi connectivity index (χ3v) is 5.12. The lowest BCUT2D eigenvalue weighted by Crippen LogP contribution is -2.27. The molecule has 0 aliphatic carbocycles. The van der Waals surface area contributed by atoms with Crippen molar-refractivity contribution in [1.29, 1.82) is 0 Å². The lowest BCUT2D eigenvalue weighted by atomic mass is 10.2. The molecule has 0 bridgehead atoms. The Morgan fingerprint density at radius 1 is 1.21 bits per heavy atom. The number of carbonyl (C=O) groups excluding carboxylic acids is 1. The van der Waals surface area contributed by atoms with Gasteiger partial charge in [-0.1, -0.05) is 30.0 Å². The number of ether oxygens (including phenoxy) is 2. The third kappa shape index (κ3) is 4.51. The van der Waals surface area contributed by atoms with Gasteiger partial charge < -0.3 is 9.47 Å². The Balaban J connectivity index is 1.87. The average molecular weight is 438 g/mol. The minimum Gasteiger partial charge on any atom is -0.493 e. The Bertz CT molecular complexity index is 1010. The predicted octanol–water partition coefficient (Wildman–Crippen LogP) is 4.61. The minimum atomic E-state index is -2.99. The molecule has 2 aromatic carbocycles. The van der Waals surface area contributed by atoms with E-state index in [4.69, 9.17) is 17.0 Å². The Hall–Kier alpha value is -3.05. The first kappa shape index (κ1) is 20.7. The number of benzene rings is 2. The molecule has 0 unspecified atom stereocenters. The molecule has 1 heterocycles. The quantitative estimate of drug-likeness (QED) is 0.282. The molecule has 1 saturated heterocycles. The number of nitrogens with zero attached hydrogens (tertiary/aromatic N) is 2. The SMILES string of the molecule is COc1cc(/C=C2/SC(=S)N(c3ccc([N+](=O)[O-])cc3)C2=O)ccc1OC(F)F. The summed E-state index contributed by atoms with van der Waals surface area (Å²) in [4.78, 5) is 24.6. The van der Waals surface area contributed by atoms with Gasteiger partial charge >= 0.3 is 6.61 Å². The van der Waals surface area contributed by atoms with Crippen LogP contribution in [0.2, 0.25) is 0 Å². The molecule has 1 amide bonds. The highest BCUT2D eigenvalue weighted by Gasteiger charge is 2.33. The number of amides is 1. The van der Waals surface area contributed by atoms with Crippen molar-refractivity contribution in [2.24, 2.45) is 0 Å². The Kier molecular flexibility index (Phi) is 6.09. The smallest absolute Gasteiger partial charge is 0.387 e. The van der Waals surface area contributed by atoms with Crippen molar-refractivity contribution in [2.75, 3.05) is 12.0 Å². The zero-order valence-electron chi connectivity index (χ0n) is 14.7. The van der Waals surface area contributed by atoms with E-state index in [1.807, 2.05) is 0 Å². The summed E-state index contributed by atoms with van der Waals surface area (Å²) in [6.07, 6.45) is 1.54. The molecule has 29 heavy (non-hydrogen) atoms. The standard InChI is InChI=1S/C18H12F2N2O5S2/c1-26-14-8-10(2-7-13(14)27-17(19)20)9-15-16(23)21(18(28)29-15)11-3-5-12(6-4-11)22(24)25/h2-9,17H,1H3/b15-9+. The van der Waals surface area contributed by atoms with Gasteiger partial charge in [-0.25, -0.2) is 0 Å². The molecule has 0 saturated carbocycles. The van der Waals surface area contributed by atoms with Crippen molar-refractivity contribution in [3.63, 3.8) is 0 Å². The first-order valence-corrected chi connectivity index (χ1v) is 9.18. The number of thiocarbonyl (C=S) groups is 1. The van der Waals surface area contributed by atoms with Crippen LogP contribution in [0.4, 0.5) is 20.2 Å². The second kappa shape index (κ2) is 8.53. The number of methoxy groups -OCH3 is 1. The summed E-state index contributed by atoms with van der Waals surface area (Å²) < 4.78 is 34.6. The highest BCUT2D eigenvalue weighted by atomic mass is 32.2. The lowest BCUT2D eigenvalue weighted by Gasteiger charge is -2.14. The zero-order chi connectivity index (χ0) is 21.1. The van der Waals surface area contributed by atoms with Crippen LogP contribution in [-0.2, 0) is 4.79 Å². The molecule has 3 rings (SSSR count). The Morgan fingerprint density at radius 2 is 1.90 bits per heavy atom. The Morgan fingerprint density at radius 3 is 2.48 bits per heavy atom. The fourth-order valence-electron chi connectivity index (χ4n) is 2.53. The second-order valence-electron chi connectivity index (χ2n) is 5.58. The van der Waals surface area contributed by atoms with Crippen LogP contribution in [0, 0.1) is 10.1 Å². The Labute approximate surface area is 173 Å². The van der Waals surface area contributed by atoms with E-state index < -0.39 is 17.4 Å². The highest BCUT2D eigenvalue weighted by molar-refractivity contribution is 8.27. The number of anilines is 1. The number of nitro groups is 1. The van der Waals surface area contributed by atoms with E-state index in [0.29, 0.717) is 16.2 Å². The number of thioether (sulfide) groups is 1. The molecule has 1 aliphatic rings. The van der Waals surface area contributed by atoms with Gasteiger partial charge in [0.05, 0.1) is 22.6 Å². The molecule has 1 fully saturated rings. The molecule has 150 valence electrons. The van der Waals surface area contributed by atoms with Gasteiger partial charge in [-0.05, 0) is 35.9 Å². The summed E-state index contributed by atoms with van der Waals surface area (Å²) in [5, 5.41) is 10.8. The number of rotatable bonds is 6. The first-order chi connectivity index (χ1) is 13.8. The molecule has 1 aliphatic heterocycles. The van der Waals surface area contributed by atoms with Crippen LogP contribution in [0.5, 0.6) is 11.5 Å². The summed E-state index contributed by atoms with van der Waals surface area (Å²) in [6, 6.07) is 9.70. The molecular weight excluding hydrogens is 426 g/mol. The number of hydrogen-bond acceptors (Lipinski definition) is 7. The van der Waals surface area contributed by atoms with Crippen LogP contribution in [-0.4, -0.2) is 28.9 Å². The molecule has 2 aromatic rings. The maximum absolute atomic E-state index is 12.8. The summed E-state index contributed by atoms with van der Waals surface area (Å²) in [5.74, 6) is -0.441. The van der Waals surface area contributed by atoms with E-state index >= 15 is 0 Å². The van der Waals surface area contributed by atoms with Crippen molar-refractivity contribution >= 4 is 51.7 Å². The van der Waals surface area contributed by atoms with Gasteiger partial charge in [-0.15, -0.1) is 0 Å². The second-order valence-corrected chi connectivity index (χ2v) is 7.26. The normalized spacial score (nSPS) is 15.3. The van der Waals surface area contributed by atoms with Crippen LogP contribution in [0.15, 0.2) is 47.4 Å². The number of nitro benzene ring substituents is 1. The first-order valence-electron chi connectivity index (χ1n) is 7.95. The van der Waals surface area contributed by atoms with Gasteiger partial charge in [-0.2, -0.15) is 8.78 Å². The lowest BCUT2D eigenvalue weighted by molar-refractivity contribution is -0.384. The minimum absolute atomic E-state index is 0.0879. The van der Waals surface area contributed by atoms with E-state index in [1.54, 1.807) is 6.08 Å². The summed E-state index contributed by atoms with van der Waals surface area (Å²) in [5.41, 5.74) is 0.820. The topological polar surface area (TPSA) is 81.9 Å². The number of hydrogen-bond donors (Lipinski definition) is 0. The van der Waals surface area contributed by atoms with Crippen molar-refractivity contribution in [1.82, 2.24) is 0 Å². The van der Waals surface area contributed by atoms with Crippen molar-refractivity contribution in [3.8, 4) is 11.5 Å². The molecule has 0 N–H and O–H groups in total. The molecular formula is C18H12F2N2O5S2. The van der Waals surface area contributed by atoms with Gasteiger partial charge in [0, 0.05) is 12.1 Å². The van der Waals surface area contributed by atoms with Gasteiger partial charge in [0.15, 0.2) is 15.8 Å². The summed E-state index contributed by atoms with van der Waals surface area (Å²) in [6.45, 7) is -2.99. The molecule has 11 heteroatoms. The maximum atomic E-state index is 12.8. The molecule has 0 aromatic heterocycles. The number of halogens is 2. The van der Waals surface area contributed by atoms with Crippen molar-refractivity contribution < 1.29 is 28.0 Å². The average Bonchev–Trinajstić information content (AvgIpc) is 2.95. The van der Waals surface area contributed by atoms with Crippen LogP contribution in [0.25, 0.3) is 6.08 Å². The predicted molar refractivity (Wildman–Crippen MR) is 108 cm³/mol. The van der Waals surface area contributed by atoms with E-state index in [0.717, 1.165) is 11.8 Å². The number of carbonyl (C=O) groups is 1. The van der Waals surface area contributed by atoms with Crippen LogP contribution in [0.3, 0.4) is 0 Å². The van der Waals surface area contributed by atoms with Gasteiger partial charge in [0.1, 0.15) is 0 Å². The zero-order valence-corrected chi connectivity index (χ0v) is 16.3. The summed E-state index contributed by atoms with van der Waals surface area (Å²) in [7, 11) is 1.31. The monoisotopic (exact) mass is 438 g/mol. The molecule has 0 radical (unpaired) electrons. The largest absolute Gasteiger partial charge is 0.493 e. The highest BCUT2D eigenvalue weighted by Crippen LogP contribution is 2.37. The van der Waals surface area contributed by atoms with Crippen molar-refractivity contribution in [3.05, 3.63) is 63.0 Å².